The maximum Gasteiger partial charge on any atom is 0.196 e. The lowest BCUT2D eigenvalue weighted by molar-refractivity contribution is 0.572. The lowest BCUT2D eigenvalue weighted by atomic mass is 10.3. The van der Waals surface area contributed by atoms with E-state index in [4.69, 9.17) is 0 Å². The number of thioether (sulfide) groups is 2. The van der Waals surface area contributed by atoms with Crippen LogP contribution in [0.4, 0.5) is 0 Å². The molecule has 0 aromatic carbocycles. The first-order chi connectivity index (χ1) is 11.9. The molecule has 0 saturated carbocycles. The molecule has 0 aliphatic carbocycles. The van der Waals surface area contributed by atoms with Crippen LogP contribution in [0.25, 0.3) is 0 Å². The van der Waals surface area contributed by atoms with Crippen molar-refractivity contribution in [3.63, 3.8) is 0 Å². The molecule has 0 radical (unpaired) electrons. The van der Waals surface area contributed by atoms with Gasteiger partial charge in [-0.25, -0.2) is 0 Å². The zero-order valence-electron chi connectivity index (χ0n) is 16.8. The molecule has 2 nitrogen and oxygen atoms in total. The second kappa shape index (κ2) is 11.8. The Morgan fingerprint density at radius 2 is 0.731 bits per heavy atom. The molecule has 1 aliphatic heterocycles. The van der Waals surface area contributed by atoms with Gasteiger partial charge in [-0.2, -0.15) is 23.5 Å². The minimum Gasteiger partial charge on any atom is -0.300 e. The van der Waals surface area contributed by atoms with Gasteiger partial charge in [-0.1, -0.05) is 87.1 Å². The van der Waals surface area contributed by atoms with Gasteiger partial charge >= 0.3 is 0 Å². The lowest BCUT2D eigenvalue weighted by Gasteiger charge is -2.30. The molecule has 26 heavy (non-hydrogen) atoms. The molecule has 0 aromatic heterocycles. The zero-order valence-corrected chi connectivity index (χ0v) is 23.5. The van der Waals surface area contributed by atoms with Crippen LogP contribution in [0.15, 0.2) is 0 Å². The molecule has 10 heteroatoms. The summed E-state index contributed by atoms with van der Waals surface area (Å²) in [7, 11) is 0. The third-order valence-corrected chi connectivity index (χ3v) is 29.4. The Hall–Kier alpha value is 2.56. The minimum atomic E-state index is -2.28. The van der Waals surface area contributed by atoms with Crippen LogP contribution in [0.2, 0.25) is 0 Å². The van der Waals surface area contributed by atoms with E-state index in [1.807, 2.05) is 23.5 Å². The van der Waals surface area contributed by atoms with Gasteiger partial charge in [-0.15, -0.1) is 0 Å². The fraction of sp³-hybridized carbons (Fsp3) is 1.00. The smallest absolute Gasteiger partial charge is 0.196 e. The number of rotatable bonds is 0. The Morgan fingerprint density at radius 1 is 0.500 bits per heavy atom. The summed E-state index contributed by atoms with van der Waals surface area (Å²) in [6, 6.07) is 0. The third-order valence-electron chi connectivity index (χ3n) is 3.60. The van der Waals surface area contributed by atoms with E-state index in [2.05, 4.69) is 41.5 Å². The maximum absolute atomic E-state index is 13.4. The predicted molar refractivity (Wildman–Crippen MR) is 139 cm³/mol. The molecular formula is C16H34O2P2S6. The highest BCUT2D eigenvalue weighted by Gasteiger charge is 2.38. The van der Waals surface area contributed by atoms with E-state index >= 15 is 0 Å². The van der Waals surface area contributed by atoms with Crippen LogP contribution in [0.1, 0.15) is 41.5 Å². The van der Waals surface area contributed by atoms with Crippen molar-refractivity contribution < 1.29 is 9.13 Å². The van der Waals surface area contributed by atoms with E-state index in [-0.39, 0.29) is 10.3 Å². The Morgan fingerprint density at radius 3 is 0.923 bits per heavy atom. The SMILES string of the molecule is CC(C)(C)P1(=O)SCCSCCSP(=O)(C(C)(C)C)SCCSCCS1. The maximum atomic E-state index is 13.4. The van der Waals surface area contributed by atoms with Crippen molar-refractivity contribution in [2.75, 3.05) is 46.0 Å². The number of hydrogen-bond acceptors (Lipinski definition) is 8. The van der Waals surface area contributed by atoms with Crippen molar-refractivity contribution in [2.24, 2.45) is 0 Å². The molecule has 0 atom stereocenters. The van der Waals surface area contributed by atoms with E-state index in [1.165, 1.54) is 0 Å². The molecule has 1 heterocycles. The van der Waals surface area contributed by atoms with E-state index in [1.54, 1.807) is 45.5 Å². The van der Waals surface area contributed by atoms with Gasteiger partial charge in [0.25, 0.3) is 0 Å². The Bertz CT molecular complexity index is 446. The van der Waals surface area contributed by atoms with E-state index < -0.39 is 11.1 Å². The van der Waals surface area contributed by atoms with Gasteiger partial charge in [-0.3, -0.25) is 9.13 Å². The van der Waals surface area contributed by atoms with E-state index in [9.17, 15) is 9.13 Å². The standard InChI is InChI=1S/C16H34O2P2S6/c1-15(2,3)19(17)23-11-7-21-9-13-25-20(18,16(4,5)6)26-14-10-22-8-12-24-19/h7-14H2,1-6H3. The van der Waals surface area contributed by atoms with Crippen molar-refractivity contribution >= 4 is 80.1 Å². The highest BCUT2D eigenvalue weighted by Crippen LogP contribution is 2.77. The van der Waals surface area contributed by atoms with Crippen LogP contribution in [0.3, 0.4) is 0 Å². The third kappa shape index (κ3) is 8.74. The first kappa shape index (κ1) is 26.6. The Kier molecular flexibility index (Phi) is 12.1. The molecule has 156 valence electrons. The molecule has 1 rings (SSSR count). The molecule has 0 N–H and O–H groups in total. The second-order valence-corrected chi connectivity index (χ2v) is 28.3. The van der Waals surface area contributed by atoms with Crippen molar-refractivity contribution in [1.82, 2.24) is 0 Å². The predicted octanol–water partition coefficient (Wildman–Crippen LogP) is 8.38. The molecule has 0 spiro atoms. The summed E-state index contributed by atoms with van der Waals surface area (Å²) in [5.41, 5.74) is -4.57. The molecule has 0 amide bonds. The highest BCUT2D eigenvalue weighted by molar-refractivity contribution is 8.91. The molecule has 1 aliphatic rings. The van der Waals surface area contributed by atoms with E-state index in [0.29, 0.717) is 0 Å². The second-order valence-electron chi connectivity index (χ2n) is 7.89. The monoisotopic (exact) mass is 512 g/mol. The van der Waals surface area contributed by atoms with Gasteiger partial charge in [0.1, 0.15) is 0 Å². The summed E-state index contributed by atoms with van der Waals surface area (Å²) < 4.78 is 26.9. The summed E-state index contributed by atoms with van der Waals surface area (Å²) in [5.74, 6) is 7.85. The van der Waals surface area contributed by atoms with Gasteiger partial charge in [0.15, 0.2) is 11.1 Å². The summed E-state index contributed by atoms with van der Waals surface area (Å²) >= 11 is 10.6. The van der Waals surface area contributed by atoms with Gasteiger partial charge in [0.05, 0.1) is 0 Å². The van der Waals surface area contributed by atoms with Crippen LogP contribution in [-0.4, -0.2) is 56.3 Å². The fourth-order valence-corrected chi connectivity index (χ4v) is 22.8. The lowest BCUT2D eigenvalue weighted by Crippen LogP contribution is -2.13. The molecule has 1 fully saturated rings. The van der Waals surface area contributed by atoms with Crippen molar-refractivity contribution in [1.29, 1.82) is 0 Å². The largest absolute Gasteiger partial charge is 0.300 e. The van der Waals surface area contributed by atoms with Crippen LogP contribution in [0, 0.1) is 0 Å². The number of hydrogen-bond donors (Lipinski definition) is 0. The normalized spacial score (nSPS) is 32.2. The topological polar surface area (TPSA) is 34.1 Å². The molecule has 0 bridgehead atoms. The van der Waals surface area contributed by atoms with Gasteiger partial charge in [0.2, 0.25) is 0 Å². The molecule has 0 aromatic rings. The summed E-state index contributed by atoms with van der Waals surface area (Å²) in [6.45, 7) is 12.7. The zero-order chi connectivity index (χ0) is 19.9. The summed E-state index contributed by atoms with van der Waals surface area (Å²) in [6.07, 6.45) is 0. The van der Waals surface area contributed by atoms with Gasteiger partial charge in [0, 0.05) is 56.3 Å². The quantitative estimate of drug-likeness (QED) is 0.299. The van der Waals surface area contributed by atoms with Gasteiger partial charge < -0.3 is 0 Å². The van der Waals surface area contributed by atoms with Crippen molar-refractivity contribution in [3.8, 4) is 0 Å². The summed E-state index contributed by atoms with van der Waals surface area (Å²) in [5, 5.41) is -0.289. The fourth-order valence-electron chi connectivity index (χ4n) is 1.92. The van der Waals surface area contributed by atoms with Crippen molar-refractivity contribution in [3.05, 3.63) is 0 Å². The average molecular weight is 513 g/mol. The van der Waals surface area contributed by atoms with E-state index in [0.717, 1.165) is 46.0 Å². The van der Waals surface area contributed by atoms with Crippen LogP contribution in [0.5, 0.6) is 0 Å². The minimum absolute atomic E-state index is 0.145. The first-order valence-electron chi connectivity index (χ1n) is 8.85. The van der Waals surface area contributed by atoms with Gasteiger partial charge in [-0.05, 0) is 0 Å². The highest BCUT2D eigenvalue weighted by atomic mass is 33.1. The van der Waals surface area contributed by atoms with Crippen molar-refractivity contribution in [2.45, 2.75) is 51.9 Å². The molecule has 1 saturated heterocycles. The molecular weight excluding hydrogens is 479 g/mol. The first-order valence-corrected chi connectivity index (χ1v) is 20.9. The molecule has 0 unspecified atom stereocenters. The Balaban J connectivity index is 2.68. The summed E-state index contributed by atoms with van der Waals surface area (Å²) in [4.78, 5) is 0. The Labute approximate surface area is 186 Å². The van der Waals surface area contributed by atoms with Crippen LogP contribution < -0.4 is 0 Å². The van der Waals surface area contributed by atoms with Crippen LogP contribution >= 0.6 is 80.1 Å². The van der Waals surface area contributed by atoms with Crippen LogP contribution in [-0.2, 0) is 9.13 Å². The average Bonchev–Trinajstić information content (AvgIpc) is 2.50.